The van der Waals surface area contributed by atoms with Gasteiger partial charge < -0.3 is 9.47 Å². The van der Waals surface area contributed by atoms with E-state index in [1.54, 1.807) is 24.3 Å². The standard InChI is InChI=1S/C13H12O5/c1-17-12(15)10-6-4-3-5-9(10)7-8-11(14)13(16)18-2/h3-8H,1-2H3/b8-7-. The van der Waals surface area contributed by atoms with Crippen molar-refractivity contribution in [2.45, 2.75) is 0 Å². The molecule has 0 atom stereocenters. The zero-order valence-corrected chi connectivity index (χ0v) is 10.0. The van der Waals surface area contributed by atoms with Gasteiger partial charge in [0.05, 0.1) is 19.8 Å². The smallest absolute Gasteiger partial charge is 0.378 e. The molecular weight excluding hydrogens is 236 g/mol. The highest BCUT2D eigenvalue weighted by molar-refractivity contribution is 6.39. The number of hydrogen-bond acceptors (Lipinski definition) is 5. The molecule has 0 fully saturated rings. The van der Waals surface area contributed by atoms with Crippen molar-refractivity contribution in [3.05, 3.63) is 41.5 Å². The fourth-order valence-corrected chi connectivity index (χ4v) is 1.27. The van der Waals surface area contributed by atoms with Crippen LogP contribution in [-0.2, 0) is 19.1 Å². The third-order valence-corrected chi connectivity index (χ3v) is 2.17. The quantitative estimate of drug-likeness (QED) is 0.455. The molecular formula is C13H12O5. The lowest BCUT2D eigenvalue weighted by Gasteiger charge is -2.02. The average molecular weight is 248 g/mol. The molecule has 5 nitrogen and oxygen atoms in total. The molecule has 0 unspecified atom stereocenters. The second kappa shape index (κ2) is 6.34. The van der Waals surface area contributed by atoms with E-state index in [2.05, 4.69) is 9.47 Å². The maximum Gasteiger partial charge on any atom is 0.378 e. The third-order valence-electron chi connectivity index (χ3n) is 2.17. The number of carbonyl (C=O) groups is 3. The fourth-order valence-electron chi connectivity index (χ4n) is 1.27. The summed E-state index contributed by atoms with van der Waals surface area (Å²) in [5, 5.41) is 0. The van der Waals surface area contributed by atoms with Gasteiger partial charge >= 0.3 is 11.9 Å². The normalized spacial score (nSPS) is 10.1. The van der Waals surface area contributed by atoms with Gasteiger partial charge in [-0.2, -0.15) is 0 Å². The molecule has 1 aromatic carbocycles. The zero-order valence-electron chi connectivity index (χ0n) is 10.0. The summed E-state index contributed by atoms with van der Waals surface area (Å²) < 4.78 is 8.87. The second-order valence-electron chi connectivity index (χ2n) is 3.27. The van der Waals surface area contributed by atoms with Crippen molar-refractivity contribution < 1.29 is 23.9 Å². The summed E-state index contributed by atoms with van der Waals surface area (Å²) in [6.45, 7) is 0. The Morgan fingerprint density at radius 2 is 1.72 bits per heavy atom. The van der Waals surface area contributed by atoms with Crippen molar-refractivity contribution in [2.24, 2.45) is 0 Å². The Labute approximate surface area is 104 Å². The lowest BCUT2D eigenvalue weighted by atomic mass is 10.1. The van der Waals surface area contributed by atoms with Gasteiger partial charge in [0.25, 0.3) is 5.78 Å². The first-order chi connectivity index (χ1) is 8.60. The maximum atomic E-state index is 11.4. The summed E-state index contributed by atoms with van der Waals surface area (Å²) in [7, 11) is 2.39. The first-order valence-corrected chi connectivity index (χ1v) is 5.08. The third kappa shape index (κ3) is 3.28. The van der Waals surface area contributed by atoms with Crippen LogP contribution in [0.5, 0.6) is 0 Å². The predicted octanol–water partition coefficient (Wildman–Crippen LogP) is 1.23. The van der Waals surface area contributed by atoms with E-state index >= 15 is 0 Å². The SMILES string of the molecule is COC(=O)C(=O)/C=C\c1ccccc1C(=O)OC. The molecule has 0 aromatic heterocycles. The van der Waals surface area contributed by atoms with Crippen LogP contribution in [0.25, 0.3) is 6.08 Å². The second-order valence-corrected chi connectivity index (χ2v) is 3.27. The molecule has 1 rings (SSSR count). The lowest BCUT2D eigenvalue weighted by molar-refractivity contribution is -0.149. The molecule has 0 N–H and O–H groups in total. The van der Waals surface area contributed by atoms with Crippen molar-refractivity contribution in [1.82, 2.24) is 0 Å². The lowest BCUT2D eigenvalue weighted by Crippen LogP contribution is -2.12. The Bertz CT molecular complexity index is 502. The van der Waals surface area contributed by atoms with Gasteiger partial charge in [-0.3, -0.25) is 4.79 Å². The fraction of sp³-hybridized carbons (Fsp3) is 0.154. The van der Waals surface area contributed by atoms with E-state index < -0.39 is 17.7 Å². The van der Waals surface area contributed by atoms with Crippen LogP contribution in [0.3, 0.4) is 0 Å². The van der Waals surface area contributed by atoms with E-state index in [9.17, 15) is 14.4 Å². The van der Waals surface area contributed by atoms with E-state index in [0.29, 0.717) is 11.1 Å². The highest BCUT2D eigenvalue weighted by Crippen LogP contribution is 2.12. The average Bonchev–Trinajstić information content (AvgIpc) is 2.43. The summed E-state index contributed by atoms with van der Waals surface area (Å²) in [6.07, 6.45) is 2.42. The van der Waals surface area contributed by atoms with E-state index in [1.165, 1.54) is 13.2 Å². The van der Waals surface area contributed by atoms with Crippen molar-refractivity contribution in [3.8, 4) is 0 Å². The minimum atomic E-state index is -0.957. The van der Waals surface area contributed by atoms with Crippen LogP contribution >= 0.6 is 0 Å². The number of ketones is 1. The highest BCUT2D eigenvalue weighted by atomic mass is 16.5. The Morgan fingerprint density at radius 1 is 1.06 bits per heavy atom. The summed E-state index contributed by atoms with van der Waals surface area (Å²) in [5.74, 6) is -2.26. The highest BCUT2D eigenvalue weighted by Gasteiger charge is 2.11. The summed E-state index contributed by atoms with van der Waals surface area (Å²) in [6, 6.07) is 6.57. The number of esters is 2. The molecule has 0 amide bonds. The summed E-state index contributed by atoms with van der Waals surface area (Å²) in [5.41, 5.74) is 0.801. The molecule has 0 radical (unpaired) electrons. The molecule has 94 valence electrons. The van der Waals surface area contributed by atoms with Gasteiger partial charge in [-0.25, -0.2) is 9.59 Å². The Balaban J connectivity index is 2.98. The van der Waals surface area contributed by atoms with Crippen LogP contribution in [0.2, 0.25) is 0 Å². The number of carbonyl (C=O) groups excluding carboxylic acids is 3. The summed E-state index contributed by atoms with van der Waals surface area (Å²) >= 11 is 0. The molecule has 18 heavy (non-hydrogen) atoms. The topological polar surface area (TPSA) is 69.7 Å². The van der Waals surface area contributed by atoms with Crippen molar-refractivity contribution in [2.75, 3.05) is 14.2 Å². The molecule has 0 heterocycles. The Morgan fingerprint density at radius 3 is 2.33 bits per heavy atom. The molecule has 0 aliphatic heterocycles. The van der Waals surface area contributed by atoms with Gasteiger partial charge in [-0.15, -0.1) is 0 Å². The van der Waals surface area contributed by atoms with Gasteiger partial charge in [0, 0.05) is 0 Å². The number of rotatable bonds is 4. The van der Waals surface area contributed by atoms with E-state index in [4.69, 9.17) is 0 Å². The van der Waals surface area contributed by atoms with Crippen LogP contribution in [0.4, 0.5) is 0 Å². The van der Waals surface area contributed by atoms with E-state index in [1.807, 2.05) is 0 Å². The largest absolute Gasteiger partial charge is 0.465 e. The minimum Gasteiger partial charge on any atom is -0.465 e. The van der Waals surface area contributed by atoms with Crippen LogP contribution in [0.1, 0.15) is 15.9 Å². The van der Waals surface area contributed by atoms with Crippen molar-refractivity contribution in [1.29, 1.82) is 0 Å². The van der Waals surface area contributed by atoms with Gasteiger partial charge in [-0.1, -0.05) is 18.2 Å². The van der Waals surface area contributed by atoms with Gasteiger partial charge in [-0.05, 0) is 23.8 Å². The van der Waals surface area contributed by atoms with Crippen LogP contribution in [-0.4, -0.2) is 31.9 Å². The zero-order chi connectivity index (χ0) is 13.5. The van der Waals surface area contributed by atoms with E-state index in [0.717, 1.165) is 13.2 Å². The Kier molecular flexibility index (Phi) is 4.80. The number of hydrogen-bond donors (Lipinski definition) is 0. The van der Waals surface area contributed by atoms with Gasteiger partial charge in [0.1, 0.15) is 0 Å². The molecule has 0 saturated heterocycles. The van der Waals surface area contributed by atoms with Crippen molar-refractivity contribution >= 4 is 23.8 Å². The first-order valence-electron chi connectivity index (χ1n) is 5.08. The minimum absolute atomic E-state index is 0.314. The number of methoxy groups -OCH3 is 2. The number of ether oxygens (including phenoxy) is 2. The number of benzene rings is 1. The molecule has 0 saturated carbocycles. The predicted molar refractivity (Wildman–Crippen MR) is 63.8 cm³/mol. The van der Waals surface area contributed by atoms with Gasteiger partial charge in [0.2, 0.25) is 0 Å². The first kappa shape index (κ1) is 13.6. The molecule has 0 bridgehead atoms. The van der Waals surface area contributed by atoms with Crippen LogP contribution < -0.4 is 0 Å². The molecule has 0 spiro atoms. The Hall–Kier alpha value is -2.43. The molecule has 0 aliphatic carbocycles. The van der Waals surface area contributed by atoms with Gasteiger partial charge in [0.15, 0.2) is 0 Å². The van der Waals surface area contributed by atoms with Crippen LogP contribution in [0, 0.1) is 0 Å². The monoisotopic (exact) mass is 248 g/mol. The molecule has 5 heteroatoms. The molecule has 0 aliphatic rings. The van der Waals surface area contributed by atoms with Crippen molar-refractivity contribution in [3.63, 3.8) is 0 Å². The van der Waals surface area contributed by atoms with Crippen LogP contribution in [0.15, 0.2) is 30.3 Å². The van der Waals surface area contributed by atoms with E-state index in [-0.39, 0.29) is 0 Å². The maximum absolute atomic E-state index is 11.4. The summed E-state index contributed by atoms with van der Waals surface area (Å²) in [4.78, 5) is 33.6. The molecule has 1 aromatic rings.